The monoisotopic (exact) mass is 351 g/mol. The van der Waals surface area contributed by atoms with Crippen LogP contribution in [0.15, 0.2) is 65.9 Å². The fourth-order valence-corrected chi connectivity index (χ4v) is 2.39. The van der Waals surface area contributed by atoms with Crippen LogP contribution < -0.4 is 15.9 Å². The van der Waals surface area contributed by atoms with Crippen LogP contribution in [0.25, 0.3) is 16.9 Å². The number of hydrogen-bond acceptors (Lipinski definition) is 4. The molecule has 0 atom stereocenters. The molecule has 0 radical (unpaired) electrons. The molecule has 1 heterocycles. The Balaban J connectivity index is 2.02. The summed E-state index contributed by atoms with van der Waals surface area (Å²) in [6.45, 7) is 0. The van der Waals surface area contributed by atoms with Crippen molar-refractivity contribution in [2.24, 2.45) is 10.8 Å². The Morgan fingerprint density at radius 3 is 2.56 bits per heavy atom. The van der Waals surface area contributed by atoms with Crippen molar-refractivity contribution in [2.45, 2.75) is 0 Å². The van der Waals surface area contributed by atoms with Crippen molar-refractivity contribution in [1.82, 2.24) is 15.2 Å². The summed E-state index contributed by atoms with van der Waals surface area (Å²) >= 11 is 4.76. The molecule has 0 aliphatic carbocycles. The standard InChI is InChI=1S/C18H17N5OS/c1-24-16-9-7-13(8-10-16)17-14(11-20-21-18(19)25)12-23(22-17)15-5-3-2-4-6-15/h2-12H,1H3,(H3,19,21,25)/b20-11+. The van der Waals surface area contributed by atoms with Crippen molar-refractivity contribution in [3.8, 4) is 22.7 Å². The fraction of sp³-hybridized carbons (Fsp3) is 0.0556. The van der Waals surface area contributed by atoms with E-state index in [1.54, 1.807) is 13.3 Å². The largest absolute Gasteiger partial charge is 0.497 e. The van der Waals surface area contributed by atoms with E-state index in [0.717, 1.165) is 28.3 Å². The second kappa shape index (κ2) is 7.59. The highest BCUT2D eigenvalue weighted by Crippen LogP contribution is 2.24. The van der Waals surface area contributed by atoms with Gasteiger partial charge in [-0.25, -0.2) is 4.68 Å². The zero-order valence-corrected chi connectivity index (χ0v) is 14.4. The number of aromatic nitrogens is 2. The third-order valence-corrected chi connectivity index (χ3v) is 3.60. The normalized spacial score (nSPS) is 10.8. The van der Waals surface area contributed by atoms with Gasteiger partial charge in [-0.15, -0.1) is 0 Å². The highest BCUT2D eigenvalue weighted by molar-refractivity contribution is 7.80. The van der Waals surface area contributed by atoms with Crippen LogP contribution in [0.1, 0.15) is 5.56 Å². The van der Waals surface area contributed by atoms with Crippen LogP contribution in [-0.2, 0) is 0 Å². The van der Waals surface area contributed by atoms with Crippen LogP contribution in [0.2, 0.25) is 0 Å². The number of para-hydroxylation sites is 1. The lowest BCUT2D eigenvalue weighted by Crippen LogP contribution is -2.24. The predicted octanol–water partition coefficient (Wildman–Crippen LogP) is 2.71. The maximum atomic E-state index is 5.41. The molecule has 3 N–H and O–H groups in total. The first-order chi connectivity index (χ1) is 12.2. The van der Waals surface area contributed by atoms with Gasteiger partial charge in [-0.3, -0.25) is 5.43 Å². The quantitative estimate of drug-likeness (QED) is 0.420. The summed E-state index contributed by atoms with van der Waals surface area (Å²) in [5.74, 6) is 0.789. The summed E-state index contributed by atoms with van der Waals surface area (Å²) in [6, 6.07) is 17.6. The van der Waals surface area contributed by atoms with Crippen LogP contribution in [0.4, 0.5) is 0 Å². The molecule has 0 spiro atoms. The van der Waals surface area contributed by atoms with E-state index < -0.39 is 0 Å². The Morgan fingerprint density at radius 2 is 1.92 bits per heavy atom. The average molecular weight is 351 g/mol. The minimum absolute atomic E-state index is 0.109. The van der Waals surface area contributed by atoms with Crippen LogP contribution in [-0.4, -0.2) is 28.2 Å². The van der Waals surface area contributed by atoms with E-state index in [2.05, 4.69) is 10.5 Å². The maximum Gasteiger partial charge on any atom is 0.184 e. The Labute approximate surface area is 150 Å². The Bertz CT molecular complexity index is 888. The van der Waals surface area contributed by atoms with Gasteiger partial charge in [0.2, 0.25) is 0 Å². The molecule has 3 rings (SSSR count). The van der Waals surface area contributed by atoms with Crippen LogP contribution >= 0.6 is 12.2 Å². The zero-order valence-electron chi connectivity index (χ0n) is 13.6. The summed E-state index contributed by atoms with van der Waals surface area (Å²) in [4.78, 5) is 0. The summed E-state index contributed by atoms with van der Waals surface area (Å²) in [7, 11) is 1.64. The van der Waals surface area contributed by atoms with Gasteiger partial charge in [-0.2, -0.15) is 10.2 Å². The van der Waals surface area contributed by atoms with Crippen molar-refractivity contribution in [1.29, 1.82) is 0 Å². The number of nitrogens with two attached hydrogens (primary N) is 1. The first-order valence-electron chi connectivity index (χ1n) is 7.55. The summed E-state index contributed by atoms with van der Waals surface area (Å²) < 4.78 is 7.02. The highest BCUT2D eigenvalue weighted by atomic mass is 32.1. The lowest BCUT2D eigenvalue weighted by atomic mass is 10.1. The lowest BCUT2D eigenvalue weighted by molar-refractivity contribution is 0.415. The molecule has 0 amide bonds. The SMILES string of the molecule is COc1ccc(-c2nn(-c3ccccc3)cc2/C=N/NC(N)=S)cc1. The molecule has 2 aromatic carbocycles. The first-order valence-corrected chi connectivity index (χ1v) is 7.96. The summed E-state index contributed by atoms with van der Waals surface area (Å²) in [5, 5.41) is 8.85. The van der Waals surface area contributed by atoms with Crippen LogP contribution in [0, 0.1) is 0 Å². The van der Waals surface area contributed by atoms with E-state index in [9.17, 15) is 0 Å². The highest BCUT2D eigenvalue weighted by Gasteiger charge is 2.11. The van der Waals surface area contributed by atoms with E-state index in [1.165, 1.54) is 0 Å². The number of hydrogen-bond donors (Lipinski definition) is 2. The van der Waals surface area contributed by atoms with Crippen molar-refractivity contribution in [2.75, 3.05) is 7.11 Å². The summed E-state index contributed by atoms with van der Waals surface area (Å²) in [5.41, 5.74) is 11.5. The Morgan fingerprint density at radius 1 is 1.20 bits per heavy atom. The van der Waals surface area contributed by atoms with Crippen molar-refractivity contribution >= 4 is 23.5 Å². The van der Waals surface area contributed by atoms with Gasteiger partial charge in [0.15, 0.2) is 5.11 Å². The number of hydrazone groups is 1. The van der Waals surface area contributed by atoms with Gasteiger partial charge in [-0.1, -0.05) is 18.2 Å². The number of methoxy groups -OCH3 is 1. The number of nitrogens with one attached hydrogen (secondary N) is 1. The van der Waals surface area contributed by atoms with Gasteiger partial charge in [0.05, 0.1) is 19.0 Å². The average Bonchev–Trinajstić information content (AvgIpc) is 3.06. The van der Waals surface area contributed by atoms with E-state index in [1.807, 2.05) is 65.5 Å². The number of benzene rings is 2. The Hall–Kier alpha value is -3.19. The van der Waals surface area contributed by atoms with Crippen LogP contribution in [0.5, 0.6) is 5.75 Å². The molecule has 0 aliphatic rings. The van der Waals surface area contributed by atoms with Crippen molar-refractivity contribution < 1.29 is 4.74 Å². The topological polar surface area (TPSA) is 77.5 Å². The lowest BCUT2D eigenvalue weighted by Gasteiger charge is -2.02. The molecular formula is C18H17N5OS. The molecule has 0 aliphatic heterocycles. The molecular weight excluding hydrogens is 334 g/mol. The van der Waals surface area contributed by atoms with E-state index in [0.29, 0.717) is 0 Å². The first kappa shape index (κ1) is 16.7. The maximum absolute atomic E-state index is 5.41. The van der Waals surface area contributed by atoms with E-state index >= 15 is 0 Å². The minimum Gasteiger partial charge on any atom is -0.497 e. The molecule has 3 aromatic rings. The molecule has 0 saturated heterocycles. The molecule has 126 valence electrons. The third-order valence-electron chi connectivity index (χ3n) is 3.51. The van der Waals surface area contributed by atoms with Crippen LogP contribution in [0.3, 0.4) is 0 Å². The second-order valence-corrected chi connectivity index (χ2v) is 5.62. The van der Waals surface area contributed by atoms with Gasteiger partial charge in [0.25, 0.3) is 0 Å². The van der Waals surface area contributed by atoms with Crippen molar-refractivity contribution in [3.05, 3.63) is 66.4 Å². The van der Waals surface area contributed by atoms with Crippen molar-refractivity contribution in [3.63, 3.8) is 0 Å². The van der Waals surface area contributed by atoms with E-state index in [4.69, 9.17) is 27.8 Å². The van der Waals surface area contributed by atoms with Gasteiger partial charge in [-0.05, 0) is 48.6 Å². The predicted molar refractivity (Wildman–Crippen MR) is 103 cm³/mol. The van der Waals surface area contributed by atoms with Gasteiger partial charge in [0.1, 0.15) is 11.4 Å². The molecule has 1 aromatic heterocycles. The van der Waals surface area contributed by atoms with Gasteiger partial charge in [0, 0.05) is 17.3 Å². The number of thiocarbonyl (C=S) groups is 1. The third kappa shape index (κ3) is 4.02. The molecule has 0 bridgehead atoms. The van der Waals surface area contributed by atoms with Gasteiger partial charge >= 0.3 is 0 Å². The zero-order chi connectivity index (χ0) is 17.6. The fourth-order valence-electron chi connectivity index (χ4n) is 2.33. The minimum atomic E-state index is 0.109. The van der Waals surface area contributed by atoms with Gasteiger partial charge < -0.3 is 10.5 Å². The number of nitrogens with zero attached hydrogens (tertiary/aromatic N) is 3. The molecule has 0 fully saturated rings. The number of rotatable bonds is 5. The summed E-state index contributed by atoms with van der Waals surface area (Å²) in [6.07, 6.45) is 3.55. The second-order valence-electron chi connectivity index (χ2n) is 5.18. The molecule has 6 nitrogen and oxygen atoms in total. The number of ether oxygens (including phenoxy) is 1. The molecule has 7 heteroatoms. The molecule has 25 heavy (non-hydrogen) atoms. The van der Waals surface area contributed by atoms with E-state index in [-0.39, 0.29) is 5.11 Å². The molecule has 0 saturated carbocycles. The molecule has 0 unspecified atom stereocenters. The smallest absolute Gasteiger partial charge is 0.184 e. The Kier molecular flexibility index (Phi) is 5.06.